The van der Waals surface area contributed by atoms with Crippen LogP contribution in [0.4, 0.5) is 13.2 Å². The predicted molar refractivity (Wildman–Crippen MR) is 108 cm³/mol. The normalized spacial score (nSPS) is 14.4. The van der Waals surface area contributed by atoms with Gasteiger partial charge in [0.1, 0.15) is 12.2 Å². The van der Waals surface area contributed by atoms with E-state index < -0.39 is 18.4 Å². The number of aliphatic imine (C=N–C) groups is 1. The lowest BCUT2D eigenvalue weighted by Crippen LogP contribution is -2.44. The summed E-state index contributed by atoms with van der Waals surface area (Å²) < 4.78 is 42.7. The molecule has 30 heavy (non-hydrogen) atoms. The highest BCUT2D eigenvalue weighted by molar-refractivity contribution is 5.79. The van der Waals surface area contributed by atoms with Crippen molar-refractivity contribution in [1.29, 1.82) is 0 Å². The Morgan fingerprint density at radius 3 is 2.43 bits per heavy atom. The monoisotopic (exact) mass is 427 g/mol. The first-order valence-electron chi connectivity index (χ1n) is 9.55. The number of benzene rings is 1. The number of nitrogens with zero attached hydrogens (tertiary/aromatic N) is 3. The Morgan fingerprint density at radius 2 is 1.87 bits per heavy atom. The third-order valence-electron chi connectivity index (χ3n) is 4.25. The minimum absolute atomic E-state index is 0.101. The number of guanidine groups is 1. The van der Waals surface area contributed by atoms with Gasteiger partial charge in [0.15, 0.2) is 5.96 Å². The lowest BCUT2D eigenvalue weighted by Gasteiger charge is -2.23. The van der Waals surface area contributed by atoms with Crippen molar-refractivity contribution in [2.45, 2.75) is 38.8 Å². The van der Waals surface area contributed by atoms with Crippen molar-refractivity contribution in [1.82, 2.24) is 20.4 Å². The van der Waals surface area contributed by atoms with E-state index in [1.165, 1.54) is 0 Å². The maximum atomic E-state index is 12.1. The van der Waals surface area contributed by atoms with E-state index in [9.17, 15) is 18.3 Å². The van der Waals surface area contributed by atoms with E-state index in [-0.39, 0.29) is 13.2 Å². The van der Waals surface area contributed by atoms with Crippen LogP contribution in [0.5, 0.6) is 0 Å². The molecule has 0 aliphatic carbocycles. The number of hydrogen-bond donors (Lipinski definition) is 3. The molecular formula is C20H28F3N5O2. The fraction of sp³-hybridized carbons (Fsp3) is 0.500. The molecule has 2 rings (SSSR count). The zero-order chi connectivity index (χ0) is 22.2. The number of rotatable bonds is 9. The van der Waals surface area contributed by atoms with Crippen molar-refractivity contribution >= 4 is 5.96 Å². The summed E-state index contributed by atoms with van der Waals surface area (Å²) in [6.45, 7) is 3.52. The second-order valence-electron chi connectivity index (χ2n) is 7.15. The molecule has 1 aromatic carbocycles. The number of ether oxygens (including phenoxy) is 1. The van der Waals surface area contributed by atoms with Crippen LogP contribution in [-0.4, -0.2) is 46.7 Å². The van der Waals surface area contributed by atoms with Gasteiger partial charge in [0, 0.05) is 25.4 Å². The van der Waals surface area contributed by atoms with E-state index in [0.717, 1.165) is 5.56 Å². The second kappa shape index (κ2) is 10.4. The van der Waals surface area contributed by atoms with Crippen LogP contribution in [0.15, 0.2) is 41.7 Å². The molecule has 1 unspecified atom stereocenters. The lowest BCUT2D eigenvalue weighted by molar-refractivity contribution is -0.176. The topological polar surface area (TPSA) is 83.7 Å². The maximum Gasteiger partial charge on any atom is 0.411 e. The van der Waals surface area contributed by atoms with Crippen LogP contribution in [0.25, 0.3) is 0 Å². The van der Waals surface area contributed by atoms with Gasteiger partial charge in [0.05, 0.1) is 25.9 Å². The van der Waals surface area contributed by atoms with Crippen LogP contribution in [0.1, 0.15) is 30.5 Å². The van der Waals surface area contributed by atoms with E-state index in [4.69, 9.17) is 0 Å². The molecule has 166 valence electrons. The van der Waals surface area contributed by atoms with Gasteiger partial charge in [-0.2, -0.15) is 18.3 Å². The van der Waals surface area contributed by atoms with E-state index in [1.807, 2.05) is 6.92 Å². The Labute approximate surface area is 174 Å². The van der Waals surface area contributed by atoms with Crippen molar-refractivity contribution in [3.05, 3.63) is 53.3 Å². The Hall–Kier alpha value is -2.59. The molecule has 1 atom stereocenters. The van der Waals surface area contributed by atoms with Crippen LogP contribution < -0.4 is 10.6 Å². The molecule has 10 heteroatoms. The van der Waals surface area contributed by atoms with Gasteiger partial charge in [0.2, 0.25) is 0 Å². The zero-order valence-corrected chi connectivity index (χ0v) is 17.3. The number of hydrogen-bond acceptors (Lipinski definition) is 4. The summed E-state index contributed by atoms with van der Waals surface area (Å²) in [6.07, 6.45) is -0.955. The van der Waals surface area contributed by atoms with Crippen molar-refractivity contribution in [3.63, 3.8) is 0 Å². The minimum atomic E-state index is -4.33. The molecule has 0 fully saturated rings. The van der Waals surface area contributed by atoms with Gasteiger partial charge in [0.25, 0.3) is 0 Å². The second-order valence-corrected chi connectivity index (χ2v) is 7.15. The maximum absolute atomic E-state index is 12.1. The van der Waals surface area contributed by atoms with E-state index in [1.54, 1.807) is 55.3 Å². The largest absolute Gasteiger partial charge is 0.411 e. The zero-order valence-electron chi connectivity index (χ0n) is 17.3. The van der Waals surface area contributed by atoms with Crippen LogP contribution >= 0.6 is 0 Å². The van der Waals surface area contributed by atoms with Gasteiger partial charge < -0.3 is 20.5 Å². The molecule has 0 aliphatic heterocycles. The highest BCUT2D eigenvalue weighted by atomic mass is 19.4. The van der Waals surface area contributed by atoms with Crippen LogP contribution in [0, 0.1) is 0 Å². The molecule has 3 N–H and O–H groups in total. The molecule has 0 amide bonds. The highest BCUT2D eigenvalue weighted by Crippen LogP contribution is 2.18. The van der Waals surface area contributed by atoms with Gasteiger partial charge in [-0.25, -0.2) is 4.99 Å². The molecule has 0 saturated carbocycles. The van der Waals surface area contributed by atoms with Gasteiger partial charge >= 0.3 is 6.18 Å². The van der Waals surface area contributed by atoms with E-state index in [2.05, 4.69) is 25.5 Å². The first kappa shape index (κ1) is 23.7. The van der Waals surface area contributed by atoms with E-state index in [0.29, 0.717) is 30.2 Å². The van der Waals surface area contributed by atoms with Crippen LogP contribution in [0.2, 0.25) is 0 Å². The fourth-order valence-electron chi connectivity index (χ4n) is 2.59. The first-order valence-corrected chi connectivity index (χ1v) is 9.55. The molecule has 1 heterocycles. The van der Waals surface area contributed by atoms with Crippen molar-refractivity contribution in [3.8, 4) is 0 Å². The van der Waals surface area contributed by atoms with E-state index >= 15 is 0 Å². The molecule has 7 nitrogen and oxygen atoms in total. The minimum Gasteiger partial charge on any atom is -0.383 e. The van der Waals surface area contributed by atoms with Gasteiger partial charge in [-0.15, -0.1) is 0 Å². The summed E-state index contributed by atoms with van der Waals surface area (Å²) in [4.78, 5) is 4.49. The van der Waals surface area contributed by atoms with Crippen LogP contribution in [0.3, 0.4) is 0 Å². The average molecular weight is 427 g/mol. The van der Waals surface area contributed by atoms with Crippen LogP contribution in [-0.2, 0) is 30.5 Å². The predicted octanol–water partition coefficient (Wildman–Crippen LogP) is 2.46. The summed E-state index contributed by atoms with van der Waals surface area (Å²) in [5.74, 6) is 0.541. The molecule has 1 aromatic heterocycles. The molecular weight excluding hydrogens is 399 g/mol. The summed E-state index contributed by atoms with van der Waals surface area (Å²) in [5.41, 5.74) is 1.12. The Bertz CT molecular complexity index is 817. The Balaban J connectivity index is 1.90. The Morgan fingerprint density at radius 1 is 1.20 bits per heavy atom. The SMILES string of the molecule is CCNC(=NCc1ccc(COCC(F)(F)F)cc1)NCC(C)(O)c1cnn(C)c1. The standard InChI is InChI=1S/C20H28F3N5O2/c1-4-24-18(26-13-19(2,29)17-10-27-28(3)11-17)25-9-15-5-7-16(8-6-15)12-30-14-20(21,22)23/h5-8,10-11,29H,4,9,12-14H2,1-3H3,(H2,24,25,26). The van der Waals surface area contributed by atoms with Gasteiger partial charge in [-0.05, 0) is 25.0 Å². The third kappa shape index (κ3) is 8.03. The number of halogens is 3. The molecule has 2 aromatic rings. The number of alkyl halides is 3. The highest BCUT2D eigenvalue weighted by Gasteiger charge is 2.27. The van der Waals surface area contributed by atoms with Gasteiger partial charge in [-0.3, -0.25) is 4.68 Å². The number of aromatic nitrogens is 2. The first-order chi connectivity index (χ1) is 14.1. The quantitative estimate of drug-likeness (QED) is 0.423. The summed E-state index contributed by atoms with van der Waals surface area (Å²) >= 11 is 0. The summed E-state index contributed by atoms with van der Waals surface area (Å²) in [5, 5.41) is 21.0. The van der Waals surface area contributed by atoms with Crippen molar-refractivity contribution in [2.75, 3.05) is 19.7 Å². The number of nitrogens with one attached hydrogen (secondary N) is 2. The number of aryl methyl sites for hydroxylation is 1. The Kier molecular flexibility index (Phi) is 8.24. The molecule has 0 radical (unpaired) electrons. The number of aliphatic hydroxyl groups is 1. The molecule has 0 aliphatic rings. The van der Waals surface area contributed by atoms with Crippen molar-refractivity contribution < 1.29 is 23.0 Å². The molecule has 0 bridgehead atoms. The summed E-state index contributed by atoms with van der Waals surface area (Å²) in [7, 11) is 1.78. The lowest BCUT2D eigenvalue weighted by atomic mass is 10.00. The molecule has 0 saturated heterocycles. The fourth-order valence-corrected chi connectivity index (χ4v) is 2.59. The molecule has 0 spiro atoms. The third-order valence-corrected chi connectivity index (χ3v) is 4.25. The summed E-state index contributed by atoms with van der Waals surface area (Å²) in [6, 6.07) is 7.03. The average Bonchev–Trinajstić information content (AvgIpc) is 3.11. The van der Waals surface area contributed by atoms with Gasteiger partial charge in [-0.1, -0.05) is 24.3 Å². The van der Waals surface area contributed by atoms with Crippen molar-refractivity contribution in [2.24, 2.45) is 12.0 Å². The smallest absolute Gasteiger partial charge is 0.383 e.